The number of ether oxygens (including phenoxy) is 3. The standard InChI is InChI=1S/C23H23Cl2FN4O3/c1-31-19-7-15-18(8-20(19)33-11-14-9-30-6-2-3-13(30)10-32-14)27-12-28-23(15)29-17-5-4-16(24)21(25)22(17)26/h4-5,7-8,12-14H,2-3,6,9-11H2,1H3,(H,27,28,29)/t13?,14-/m0/s1. The Balaban J connectivity index is 1.37. The highest BCUT2D eigenvalue weighted by molar-refractivity contribution is 6.42. The van der Waals surface area contributed by atoms with Gasteiger partial charge in [-0.3, -0.25) is 4.90 Å². The minimum Gasteiger partial charge on any atom is -0.493 e. The van der Waals surface area contributed by atoms with Gasteiger partial charge in [-0.05, 0) is 37.6 Å². The number of nitrogens with zero attached hydrogens (tertiary/aromatic N) is 3. The largest absolute Gasteiger partial charge is 0.493 e. The van der Waals surface area contributed by atoms with Gasteiger partial charge in [-0.1, -0.05) is 23.2 Å². The van der Waals surface area contributed by atoms with Crippen molar-refractivity contribution in [2.75, 3.05) is 38.7 Å². The molecule has 0 spiro atoms. The number of aromatic nitrogens is 2. The lowest BCUT2D eigenvalue weighted by atomic mass is 10.2. The van der Waals surface area contributed by atoms with Gasteiger partial charge in [0.2, 0.25) is 0 Å². The number of anilines is 2. The molecule has 0 saturated carbocycles. The molecule has 1 unspecified atom stereocenters. The summed E-state index contributed by atoms with van der Waals surface area (Å²) in [5.74, 6) is 0.820. The van der Waals surface area contributed by atoms with Crippen LogP contribution < -0.4 is 14.8 Å². The number of fused-ring (bicyclic) bond motifs is 2. The van der Waals surface area contributed by atoms with Crippen LogP contribution in [0.2, 0.25) is 10.0 Å². The summed E-state index contributed by atoms with van der Waals surface area (Å²) in [4.78, 5) is 11.1. The summed E-state index contributed by atoms with van der Waals surface area (Å²) in [6.07, 6.45) is 3.82. The summed E-state index contributed by atoms with van der Waals surface area (Å²) >= 11 is 11.8. The molecular weight excluding hydrogens is 470 g/mol. The Bertz CT molecular complexity index is 1180. The van der Waals surface area contributed by atoms with Crippen molar-refractivity contribution in [1.29, 1.82) is 0 Å². The molecule has 5 rings (SSSR count). The second-order valence-electron chi connectivity index (χ2n) is 8.15. The van der Waals surface area contributed by atoms with Gasteiger partial charge in [-0.2, -0.15) is 0 Å². The van der Waals surface area contributed by atoms with Crippen LogP contribution in [0.1, 0.15) is 12.8 Å². The fraction of sp³-hybridized carbons (Fsp3) is 0.391. The third kappa shape index (κ3) is 4.53. The van der Waals surface area contributed by atoms with E-state index in [4.69, 9.17) is 37.4 Å². The van der Waals surface area contributed by atoms with E-state index in [-0.39, 0.29) is 21.8 Å². The lowest BCUT2D eigenvalue weighted by molar-refractivity contribution is -0.0655. The zero-order valence-corrected chi connectivity index (χ0v) is 19.5. The van der Waals surface area contributed by atoms with E-state index in [0.717, 1.165) is 19.7 Å². The van der Waals surface area contributed by atoms with E-state index in [2.05, 4.69) is 20.2 Å². The molecule has 2 aliphatic rings. The maximum atomic E-state index is 14.5. The maximum Gasteiger partial charge on any atom is 0.166 e. The van der Waals surface area contributed by atoms with Crippen LogP contribution >= 0.6 is 23.2 Å². The summed E-state index contributed by atoms with van der Waals surface area (Å²) in [7, 11) is 1.56. The van der Waals surface area contributed by atoms with Gasteiger partial charge in [0.05, 0.1) is 35.0 Å². The van der Waals surface area contributed by atoms with Gasteiger partial charge in [0, 0.05) is 24.0 Å². The van der Waals surface area contributed by atoms with E-state index in [9.17, 15) is 4.39 Å². The van der Waals surface area contributed by atoms with Gasteiger partial charge in [-0.25, -0.2) is 14.4 Å². The summed E-state index contributed by atoms with van der Waals surface area (Å²) in [5, 5.41) is 3.59. The van der Waals surface area contributed by atoms with Gasteiger partial charge < -0.3 is 19.5 Å². The minimum atomic E-state index is -0.657. The molecule has 0 amide bonds. The molecule has 2 atom stereocenters. The highest BCUT2D eigenvalue weighted by Gasteiger charge is 2.32. The average Bonchev–Trinajstić information content (AvgIpc) is 3.30. The summed E-state index contributed by atoms with van der Waals surface area (Å²) < 4.78 is 32.2. The third-order valence-electron chi connectivity index (χ3n) is 6.10. The van der Waals surface area contributed by atoms with Crippen LogP contribution in [0.5, 0.6) is 11.5 Å². The molecule has 3 heterocycles. The Morgan fingerprint density at radius 1 is 1.24 bits per heavy atom. The molecule has 0 aliphatic carbocycles. The molecule has 1 aromatic heterocycles. The SMILES string of the molecule is COc1cc2c(Nc3ccc(Cl)c(Cl)c3F)ncnc2cc1OC[C@@H]1CN2CCCC2CO1. The lowest BCUT2D eigenvalue weighted by Crippen LogP contribution is -2.48. The summed E-state index contributed by atoms with van der Waals surface area (Å²) in [6.45, 7) is 3.15. The van der Waals surface area contributed by atoms with Crippen molar-refractivity contribution in [1.82, 2.24) is 14.9 Å². The second-order valence-corrected chi connectivity index (χ2v) is 8.93. The quantitative estimate of drug-likeness (QED) is 0.481. The van der Waals surface area contributed by atoms with Crippen LogP contribution in [0.4, 0.5) is 15.9 Å². The Kier molecular flexibility index (Phi) is 6.42. The number of nitrogens with one attached hydrogen (secondary N) is 1. The van der Waals surface area contributed by atoms with E-state index in [1.54, 1.807) is 19.2 Å². The average molecular weight is 493 g/mol. The van der Waals surface area contributed by atoms with Gasteiger partial charge in [0.15, 0.2) is 17.3 Å². The van der Waals surface area contributed by atoms with E-state index in [0.29, 0.717) is 40.9 Å². The monoisotopic (exact) mass is 492 g/mol. The Morgan fingerprint density at radius 2 is 2.12 bits per heavy atom. The number of morpholine rings is 1. The van der Waals surface area contributed by atoms with Crippen LogP contribution in [0.25, 0.3) is 10.9 Å². The summed E-state index contributed by atoms with van der Waals surface area (Å²) in [6, 6.07) is 7.11. The molecule has 2 fully saturated rings. The van der Waals surface area contributed by atoms with E-state index in [1.165, 1.54) is 31.3 Å². The van der Waals surface area contributed by atoms with Crippen molar-refractivity contribution >= 4 is 45.6 Å². The molecule has 10 heteroatoms. The minimum absolute atomic E-state index is 0.00000770. The number of hydrogen-bond acceptors (Lipinski definition) is 7. The van der Waals surface area contributed by atoms with Crippen molar-refractivity contribution in [3.05, 3.63) is 46.5 Å². The number of rotatable bonds is 6. The molecule has 33 heavy (non-hydrogen) atoms. The second kappa shape index (κ2) is 9.46. The normalized spacial score (nSPS) is 20.6. The first kappa shape index (κ1) is 22.4. The summed E-state index contributed by atoms with van der Waals surface area (Å²) in [5.41, 5.74) is 0.770. The Morgan fingerprint density at radius 3 is 2.97 bits per heavy atom. The van der Waals surface area contributed by atoms with Crippen LogP contribution in [0.3, 0.4) is 0 Å². The number of halogens is 3. The number of benzene rings is 2. The topological polar surface area (TPSA) is 68.7 Å². The molecule has 3 aromatic rings. The Labute approximate surface area is 200 Å². The molecule has 1 N–H and O–H groups in total. The molecule has 2 aliphatic heterocycles. The van der Waals surface area contributed by atoms with Crippen molar-refractivity contribution in [2.45, 2.75) is 25.0 Å². The van der Waals surface area contributed by atoms with Crippen LogP contribution in [-0.4, -0.2) is 60.4 Å². The zero-order valence-electron chi connectivity index (χ0n) is 18.0. The van der Waals surface area contributed by atoms with Gasteiger partial charge in [0.1, 0.15) is 24.9 Å². The number of hydrogen-bond donors (Lipinski definition) is 1. The van der Waals surface area contributed by atoms with Gasteiger partial charge in [0.25, 0.3) is 0 Å². The van der Waals surface area contributed by atoms with E-state index >= 15 is 0 Å². The van der Waals surface area contributed by atoms with E-state index < -0.39 is 5.82 Å². The number of methoxy groups -OCH3 is 1. The maximum absolute atomic E-state index is 14.5. The van der Waals surface area contributed by atoms with Crippen molar-refractivity contribution < 1.29 is 18.6 Å². The molecule has 174 valence electrons. The molecule has 2 saturated heterocycles. The first-order valence-electron chi connectivity index (χ1n) is 10.7. The van der Waals surface area contributed by atoms with Crippen molar-refractivity contribution in [3.8, 4) is 11.5 Å². The van der Waals surface area contributed by atoms with Crippen LogP contribution in [-0.2, 0) is 4.74 Å². The van der Waals surface area contributed by atoms with Crippen LogP contribution in [0.15, 0.2) is 30.6 Å². The predicted molar refractivity (Wildman–Crippen MR) is 126 cm³/mol. The van der Waals surface area contributed by atoms with Gasteiger partial charge >= 0.3 is 0 Å². The Hall–Kier alpha value is -2.39. The fourth-order valence-corrected chi connectivity index (χ4v) is 4.67. The fourth-order valence-electron chi connectivity index (χ4n) is 4.36. The van der Waals surface area contributed by atoms with Gasteiger partial charge in [-0.15, -0.1) is 0 Å². The predicted octanol–water partition coefficient (Wildman–Crippen LogP) is 5.07. The molecule has 2 aromatic carbocycles. The van der Waals surface area contributed by atoms with Crippen molar-refractivity contribution in [2.24, 2.45) is 0 Å². The zero-order chi connectivity index (χ0) is 22.9. The molecule has 0 bridgehead atoms. The molecule has 7 nitrogen and oxygen atoms in total. The molecule has 0 radical (unpaired) electrons. The lowest BCUT2D eigenvalue weighted by Gasteiger charge is -2.35. The highest BCUT2D eigenvalue weighted by Crippen LogP contribution is 2.37. The smallest absolute Gasteiger partial charge is 0.166 e. The first-order valence-corrected chi connectivity index (χ1v) is 11.5. The third-order valence-corrected chi connectivity index (χ3v) is 6.88. The van der Waals surface area contributed by atoms with Crippen molar-refractivity contribution in [3.63, 3.8) is 0 Å². The highest BCUT2D eigenvalue weighted by atomic mass is 35.5. The van der Waals surface area contributed by atoms with E-state index in [1.807, 2.05) is 0 Å². The first-order chi connectivity index (χ1) is 16.0. The molecular formula is C23H23Cl2FN4O3. The van der Waals surface area contributed by atoms with Crippen LogP contribution in [0, 0.1) is 5.82 Å².